The first kappa shape index (κ1) is 18.1. The van der Waals surface area contributed by atoms with Crippen LogP contribution < -0.4 is 10.1 Å². The molecule has 3 aromatic rings. The molecule has 0 aliphatic rings. The van der Waals surface area contributed by atoms with Gasteiger partial charge in [0, 0.05) is 17.1 Å². The first-order valence-corrected chi connectivity index (χ1v) is 9.23. The number of carbonyl (C=O) groups is 1. The quantitative estimate of drug-likeness (QED) is 0.722. The lowest BCUT2D eigenvalue weighted by Gasteiger charge is -2.24. The number of nitrogens with one attached hydrogen (secondary N) is 1. The van der Waals surface area contributed by atoms with Crippen LogP contribution in [-0.4, -0.2) is 26.3 Å². The molecule has 1 aromatic carbocycles. The molecular formula is C19H22N4O2S. The number of hydrogen-bond donors (Lipinski definition) is 1. The molecule has 0 atom stereocenters. The minimum Gasteiger partial charge on any atom is -0.460 e. The Morgan fingerprint density at radius 1 is 1.27 bits per heavy atom. The van der Waals surface area contributed by atoms with Crippen LogP contribution in [0.2, 0.25) is 0 Å². The number of aromatic nitrogens is 3. The Morgan fingerprint density at radius 2 is 2.00 bits per heavy atom. The van der Waals surface area contributed by atoms with E-state index in [0.29, 0.717) is 12.4 Å². The average Bonchev–Trinajstić information content (AvgIpc) is 3.19. The van der Waals surface area contributed by atoms with Gasteiger partial charge >= 0.3 is 0 Å². The number of carbonyl (C=O) groups excluding carboxylic acids is 1. The highest BCUT2D eigenvalue weighted by Crippen LogP contribution is 2.23. The fourth-order valence-electron chi connectivity index (χ4n) is 2.42. The summed E-state index contributed by atoms with van der Waals surface area (Å²) in [7, 11) is 0. The molecule has 1 amide bonds. The Bertz CT molecular complexity index is 899. The molecule has 2 heterocycles. The number of aryl methyl sites for hydroxylation is 2. The highest BCUT2D eigenvalue weighted by Gasteiger charge is 2.31. The third-order valence-corrected chi connectivity index (χ3v) is 4.69. The molecule has 0 saturated carbocycles. The number of rotatable bonds is 6. The first-order chi connectivity index (χ1) is 12.3. The van der Waals surface area contributed by atoms with Gasteiger partial charge in [0.1, 0.15) is 0 Å². The molecule has 7 heteroatoms. The number of hydrogen-bond acceptors (Lipinski definition) is 5. The van der Waals surface area contributed by atoms with E-state index < -0.39 is 5.60 Å². The summed E-state index contributed by atoms with van der Waals surface area (Å²) in [4.78, 5) is 16.9. The predicted octanol–water partition coefficient (Wildman–Crippen LogP) is 3.42. The van der Waals surface area contributed by atoms with Crippen molar-refractivity contribution in [3.05, 3.63) is 58.2 Å². The number of ether oxygens (including phenoxy) is 1. The number of benzene rings is 1. The van der Waals surface area contributed by atoms with E-state index in [-0.39, 0.29) is 5.91 Å². The highest BCUT2D eigenvalue weighted by atomic mass is 32.1. The molecule has 0 radical (unpaired) electrons. The van der Waals surface area contributed by atoms with Gasteiger partial charge < -0.3 is 10.1 Å². The summed E-state index contributed by atoms with van der Waals surface area (Å²) >= 11 is 1.56. The van der Waals surface area contributed by atoms with E-state index in [1.54, 1.807) is 29.9 Å². The van der Waals surface area contributed by atoms with E-state index in [1.165, 1.54) is 0 Å². The molecule has 6 nitrogen and oxygen atoms in total. The van der Waals surface area contributed by atoms with Crippen LogP contribution in [0, 0.1) is 13.8 Å². The minimum atomic E-state index is -1.05. The molecule has 0 unspecified atom stereocenters. The van der Waals surface area contributed by atoms with Crippen molar-refractivity contribution in [2.24, 2.45) is 0 Å². The summed E-state index contributed by atoms with van der Waals surface area (Å²) in [5, 5.41) is 10.3. The Kier molecular flexibility index (Phi) is 5.08. The molecule has 0 aliphatic heterocycles. The molecule has 0 spiro atoms. The summed E-state index contributed by atoms with van der Waals surface area (Å²) < 4.78 is 7.68. The van der Waals surface area contributed by atoms with E-state index in [0.717, 1.165) is 22.0 Å². The normalized spacial score (nSPS) is 11.4. The maximum absolute atomic E-state index is 12.5. The minimum absolute atomic E-state index is 0.211. The lowest BCUT2D eigenvalue weighted by molar-refractivity contribution is -0.134. The molecule has 3 rings (SSSR count). The van der Waals surface area contributed by atoms with Crippen molar-refractivity contribution in [1.29, 1.82) is 0 Å². The van der Waals surface area contributed by atoms with Crippen LogP contribution in [0.15, 0.2) is 41.9 Å². The van der Waals surface area contributed by atoms with Crippen molar-refractivity contribution in [2.45, 2.75) is 39.8 Å². The van der Waals surface area contributed by atoms with Crippen molar-refractivity contribution >= 4 is 17.2 Å². The Morgan fingerprint density at radius 3 is 2.65 bits per heavy atom. The van der Waals surface area contributed by atoms with Gasteiger partial charge in [0.2, 0.25) is 5.88 Å². The summed E-state index contributed by atoms with van der Waals surface area (Å²) in [6.07, 6.45) is 1.89. The average molecular weight is 370 g/mol. The molecule has 136 valence electrons. The Balaban J connectivity index is 1.68. The number of amides is 1. The summed E-state index contributed by atoms with van der Waals surface area (Å²) in [5.41, 5.74) is 1.60. The van der Waals surface area contributed by atoms with Gasteiger partial charge in [-0.25, -0.2) is 9.67 Å². The van der Waals surface area contributed by atoms with Crippen LogP contribution in [0.25, 0.3) is 5.69 Å². The topological polar surface area (TPSA) is 69.0 Å². The summed E-state index contributed by atoms with van der Waals surface area (Å²) in [5.74, 6) is 0.232. The molecule has 2 aromatic heterocycles. The lowest BCUT2D eigenvalue weighted by Crippen LogP contribution is -2.46. The van der Waals surface area contributed by atoms with Gasteiger partial charge in [-0.2, -0.15) is 0 Å². The molecule has 0 saturated heterocycles. The van der Waals surface area contributed by atoms with Crippen LogP contribution in [0.1, 0.15) is 30.1 Å². The zero-order valence-electron chi connectivity index (χ0n) is 15.3. The number of thiazole rings is 1. The van der Waals surface area contributed by atoms with E-state index in [4.69, 9.17) is 4.74 Å². The molecule has 0 aliphatic carbocycles. The van der Waals surface area contributed by atoms with Gasteiger partial charge in [-0.15, -0.1) is 16.4 Å². The number of nitrogens with zero attached hydrogens (tertiary/aromatic N) is 3. The van der Waals surface area contributed by atoms with Gasteiger partial charge in [-0.1, -0.05) is 18.2 Å². The fourth-order valence-corrected chi connectivity index (χ4v) is 3.03. The van der Waals surface area contributed by atoms with Crippen molar-refractivity contribution in [2.75, 3.05) is 0 Å². The van der Waals surface area contributed by atoms with Gasteiger partial charge in [-0.3, -0.25) is 4.79 Å². The molecule has 1 N–H and O–H groups in total. The third-order valence-electron chi connectivity index (χ3n) is 3.87. The van der Waals surface area contributed by atoms with E-state index >= 15 is 0 Å². The zero-order valence-corrected chi connectivity index (χ0v) is 16.1. The van der Waals surface area contributed by atoms with Crippen LogP contribution in [-0.2, 0) is 11.3 Å². The van der Waals surface area contributed by atoms with Crippen LogP contribution in [0.4, 0.5) is 0 Å². The maximum atomic E-state index is 12.5. The smallest absolute Gasteiger partial charge is 0.263 e. The van der Waals surface area contributed by atoms with Gasteiger partial charge in [0.05, 0.1) is 22.9 Å². The van der Waals surface area contributed by atoms with Crippen LogP contribution in [0.5, 0.6) is 5.88 Å². The van der Waals surface area contributed by atoms with E-state index in [1.807, 2.05) is 55.8 Å². The monoisotopic (exact) mass is 370 g/mol. The fraction of sp³-hybridized carbons (Fsp3) is 0.316. The predicted molar refractivity (Wildman–Crippen MR) is 102 cm³/mol. The molecule has 0 bridgehead atoms. The first-order valence-electron chi connectivity index (χ1n) is 8.35. The van der Waals surface area contributed by atoms with Crippen molar-refractivity contribution in [1.82, 2.24) is 20.1 Å². The lowest BCUT2D eigenvalue weighted by atomic mass is 10.1. The van der Waals surface area contributed by atoms with Crippen molar-refractivity contribution < 1.29 is 9.53 Å². The molecular weight excluding hydrogens is 348 g/mol. The Hall–Kier alpha value is -2.67. The second kappa shape index (κ2) is 7.29. The van der Waals surface area contributed by atoms with Crippen LogP contribution in [0.3, 0.4) is 0 Å². The zero-order chi connectivity index (χ0) is 18.7. The van der Waals surface area contributed by atoms with Gasteiger partial charge in [0.15, 0.2) is 5.60 Å². The second-order valence-electron chi connectivity index (χ2n) is 6.55. The Labute approximate surface area is 156 Å². The van der Waals surface area contributed by atoms with Gasteiger partial charge in [-0.05, 0) is 39.8 Å². The second-order valence-corrected chi connectivity index (χ2v) is 7.61. The van der Waals surface area contributed by atoms with Crippen molar-refractivity contribution in [3.8, 4) is 11.6 Å². The molecule has 0 fully saturated rings. The maximum Gasteiger partial charge on any atom is 0.263 e. The SMILES string of the molecule is Cc1nc(CNC(=O)C(C)(C)Oc2nn(-c3ccccc3)cc2C)cs1. The number of para-hydroxylation sites is 1. The third kappa shape index (κ3) is 4.11. The van der Waals surface area contributed by atoms with E-state index in [2.05, 4.69) is 15.4 Å². The largest absolute Gasteiger partial charge is 0.460 e. The van der Waals surface area contributed by atoms with E-state index in [9.17, 15) is 4.79 Å². The molecule has 26 heavy (non-hydrogen) atoms. The standard InChI is InChI=1S/C19H22N4O2S/c1-13-11-23(16-8-6-5-7-9-16)22-17(13)25-19(3,4)18(24)20-10-15-12-26-14(2)21-15/h5-9,11-12H,10H2,1-4H3,(H,20,24). The van der Waals surface area contributed by atoms with Crippen molar-refractivity contribution in [3.63, 3.8) is 0 Å². The van der Waals surface area contributed by atoms with Gasteiger partial charge in [0.25, 0.3) is 5.91 Å². The summed E-state index contributed by atoms with van der Waals surface area (Å²) in [6, 6.07) is 9.78. The highest BCUT2D eigenvalue weighted by molar-refractivity contribution is 7.09. The van der Waals surface area contributed by atoms with Crippen LogP contribution >= 0.6 is 11.3 Å². The summed E-state index contributed by atoms with van der Waals surface area (Å²) in [6.45, 7) is 7.70.